The standard InChI is InChI=1S/C15H18N2O2S/c1-3-19-14(18)9-8-13-10-20-15(17-13)16-12-6-4-11(2)5-7-12/h4-7,10H,3,8-9H2,1-2H3,(H,16,17). The van der Waals surface area contributed by atoms with Crippen molar-refractivity contribution >= 4 is 28.1 Å². The highest BCUT2D eigenvalue weighted by atomic mass is 32.1. The number of hydrogen-bond acceptors (Lipinski definition) is 5. The van der Waals surface area contributed by atoms with Gasteiger partial charge in [0.15, 0.2) is 5.13 Å². The Bertz CT molecular complexity index is 564. The minimum atomic E-state index is -0.173. The van der Waals surface area contributed by atoms with E-state index in [0.717, 1.165) is 16.5 Å². The van der Waals surface area contributed by atoms with E-state index in [4.69, 9.17) is 4.74 Å². The van der Waals surface area contributed by atoms with Crippen LogP contribution in [0.5, 0.6) is 0 Å². The smallest absolute Gasteiger partial charge is 0.306 e. The number of benzene rings is 1. The zero-order valence-electron chi connectivity index (χ0n) is 11.7. The van der Waals surface area contributed by atoms with Gasteiger partial charge in [-0.1, -0.05) is 17.7 Å². The number of hydrogen-bond donors (Lipinski definition) is 1. The Labute approximate surface area is 122 Å². The van der Waals surface area contributed by atoms with Crippen LogP contribution in [0.25, 0.3) is 0 Å². The fraction of sp³-hybridized carbons (Fsp3) is 0.333. The fourth-order valence-corrected chi connectivity index (χ4v) is 2.47. The topological polar surface area (TPSA) is 51.2 Å². The maximum Gasteiger partial charge on any atom is 0.306 e. The second kappa shape index (κ2) is 7.05. The SMILES string of the molecule is CCOC(=O)CCc1csc(Nc2ccc(C)cc2)n1. The number of aryl methyl sites for hydroxylation is 2. The average Bonchev–Trinajstić information content (AvgIpc) is 2.87. The zero-order valence-corrected chi connectivity index (χ0v) is 12.5. The van der Waals surface area contributed by atoms with Crippen LogP contribution in [-0.4, -0.2) is 17.6 Å². The predicted molar refractivity (Wildman–Crippen MR) is 81.5 cm³/mol. The fourth-order valence-electron chi connectivity index (χ4n) is 1.70. The van der Waals surface area contributed by atoms with Crippen LogP contribution in [0, 0.1) is 6.92 Å². The zero-order chi connectivity index (χ0) is 14.4. The Hall–Kier alpha value is -1.88. The van der Waals surface area contributed by atoms with Crippen LogP contribution < -0.4 is 5.32 Å². The van der Waals surface area contributed by atoms with Crippen molar-refractivity contribution in [2.75, 3.05) is 11.9 Å². The van der Waals surface area contributed by atoms with E-state index in [9.17, 15) is 4.79 Å². The molecule has 0 saturated carbocycles. The van der Waals surface area contributed by atoms with Gasteiger partial charge in [0.2, 0.25) is 0 Å². The first kappa shape index (κ1) is 14.5. The highest BCUT2D eigenvalue weighted by Crippen LogP contribution is 2.21. The molecular weight excluding hydrogens is 272 g/mol. The molecule has 2 aromatic rings. The summed E-state index contributed by atoms with van der Waals surface area (Å²) in [6, 6.07) is 8.15. The van der Waals surface area contributed by atoms with E-state index in [1.807, 2.05) is 24.4 Å². The minimum Gasteiger partial charge on any atom is -0.466 e. The van der Waals surface area contributed by atoms with Gasteiger partial charge < -0.3 is 10.1 Å². The Kier molecular flexibility index (Phi) is 5.12. The Morgan fingerprint density at radius 1 is 1.35 bits per heavy atom. The summed E-state index contributed by atoms with van der Waals surface area (Å²) in [7, 11) is 0. The number of esters is 1. The number of rotatable bonds is 6. The molecule has 1 aromatic heterocycles. The molecule has 106 valence electrons. The van der Waals surface area contributed by atoms with Crippen molar-refractivity contribution in [2.24, 2.45) is 0 Å². The van der Waals surface area contributed by atoms with Crippen LogP contribution in [0.15, 0.2) is 29.6 Å². The van der Waals surface area contributed by atoms with Gasteiger partial charge >= 0.3 is 5.97 Å². The number of thiazole rings is 1. The predicted octanol–water partition coefficient (Wildman–Crippen LogP) is 3.69. The Morgan fingerprint density at radius 3 is 2.80 bits per heavy atom. The summed E-state index contributed by atoms with van der Waals surface area (Å²) < 4.78 is 4.90. The summed E-state index contributed by atoms with van der Waals surface area (Å²) >= 11 is 1.54. The van der Waals surface area contributed by atoms with Gasteiger partial charge in [0.05, 0.1) is 18.7 Å². The Balaban J connectivity index is 1.88. The van der Waals surface area contributed by atoms with Crippen molar-refractivity contribution in [3.63, 3.8) is 0 Å². The third-order valence-electron chi connectivity index (χ3n) is 2.75. The highest BCUT2D eigenvalue weighted by molar-refractivity contribution is 7.13. The van der Waals surface area contributed by atoms with Gasteiger partial charge in [-0.3, -0.25) is 4.79 Å². The van der Waals surface area contributed by atoms with Crippen molar-refractivity contribution in [1.82, 2.24) is 4.98 Å². The maximum absolute atomic E-state index is 11.3. The second-order valence-electron chi connectivity index (χ2n) is 4.44. The van der Waals surface area contributed by atoms with Gasteiger partial charge in [0, 0.05) is 17.5 Å². The van der Waals surface area contributed by atoms with E-state index >= 15 is 0 Å². The van der Waals surface area contributed by atoms with E-state index in [0.29, 0.717) is 19.4 Å². The van der Waals surface area contributed by atoms with Crippen molar-refractivity contribution in [1.29, 1.82) is 0 Å². The Morgan fingerprint density at radius 2 is 2.10 bits per heavy atom. The molecule has 0 saturated heterocycles. The second-order valence-corrected chi connectivity index (χ2v) is 5.30. The number of nitrogens with zero attached hydrogens (tertiary/aromatic N) is 1. The maximum atomic E-state index is 11.3. The van der Waals surface area contributed by atoms with Gasteiger partial charge in [-0.05, 0) is 26.0 Å². The molecule has 0 amide bonds. The summed E-state index contributed by atoms with van der Waals surface area (Å²) in [5.74, 6) is -0.173. The lowest BCUT2D eigenvalue weighted by molar-refractivity contribution is -0.143. The van der Waals surface area contributed by atoms with E-state index in [2.05, 4.69) is 29.4 Å². The molecule has 5 heteroatoms. The van der Waals surface area contributed by atoms with Gasteiger partial charge in [-0.25, -0.2) is 4.98 Å². The summed E-state index contributed by atoms with van der Waals surface area (Å²) in [5, 5.41) is 6.06. The van der Waals surface area contributed by atoms with Crippen molar-refractivity contribution < 1.29 is 9.53 Å². The molecule has 0 radical (unpaired) electrons. The normalized spacial score (nSPS) is 10.3. The molecule has 20 heavy (non-hydrogen) atoms. The number of carbonyl (C=O) groups excluding carboxylic acids is 1. The van der Waals surface area contributed by atoms with Crippen LogP contribution >= 0.6 is 11.3 Å². The minimum absolute atomic E-state index is 0.173. The third-order valence-corrected chi connectivity index (χ3v) is 3.55. The molecule has 2 rings (SSSR count). The quantitative estimate of drug-likeness (QED) is 0.824. The first-order valence-electron chi connectivity index (χ1n) is 6.61. The molecule has 1 heterocycles. The molecule has 0 aliphatic heterocycles. The van der Waals surface area contributed by atoms with Gasteiger partial charge in [-0.15, -0.1) is 11.3 Å². The van der Waals surface area contributed by atoms with Gasteiger partial charge in [0.25, 0.3) is 0 Å². The molecule has 0 unspecified atom stereocenters. The van der Waals surface area contributed by atoms with E-state index < -0.39 is 0 Å². The summed E-state index contributed by atoms with van der Waals surface area (Å²) in [4.78, 5) is 15.7. The highest BCUT2D eigenvalue weighted by Gasteiger charge is 2.06. The molecule has 1 aromatic carbocycles. The first-order valence-corrected chi connectivity index (χ1v) is 7.49. The van der Waals surface area contributed by atoms with Crippen LogP contribution in [0.1, 0.15) is 24.6 Å². The number of aromatic nitrogens is 1. The summed E-state index contributed by atoms with van der Waals surface area (Å²) in [6.07, 6.45) is 0.993. The number of carbonyl (C=O) groups is 1. The van der Waals surface area contributed by atoms with Crippen LogP contribution in [0.2, 0.25) is 0 Å². The summed E-state index contributed by atoms with van der Waals surface area (Å²) in [5.41, 5.74) is 3.16. The molecule has 4 nitrogen and oxygen atoms in total. The van der Waals surface area contributed by atoms with Crippen LogP contribution in [-0.2, 0) is 16.0 Å². The number of ether oxygens (including phenoxy) is 1. The van der Waals surface area contributed by atoms with E-state index in [-0.39, 0.29) is 5.97 Å². The van der Waals surface area contributed by atoms with Crippen LogP contribution in [0.3, 0.4) is 0 Å². The molecule has 0 atom stereocenters. The average molecular weight is 290 g/mol. The number of anilines is 2. The van der Waals surface area contributed by atoms with Crippen molar-refractivity contribution in [3.05, 3.63) is 40.9 Å². The number of nitrogens with one attached hydrogen (secondary N) is 1. The van der Waals surface area contributed by atoms with Crippen molar-refractivity contribution in [2.45, 2.75) is 26.7 Å². The molecular formula is C15H18N2O2S. The largest absolute Gasteiger partial charge is 0.466 e. The van der Waals surface area contributed by atoms with Gasteiger partial charge in [-0.2, -0.15) is 0 Å². The van der Waals surface area contributed by atoms with Crippen molar-refractivity contribution in [3.8, 4) is 0 Å². The molecule has 0 aliphatic carbocycles. The lowest BCUT2D eigenvalue weighted by Crippen LogP contribution is -2.05. The summed E-state index contributed by atoms with van der Waals surface area (Å²) in [6.45, 7) is 4.29. The first-order chi connectivity index (χ1) is 9.67. The molecule has 1 N–H and O–H groups in total. The van der Waals surface area contributed by atoms with E-state index in [1.165, 1.54) is 16.9 Å². The third kappa shape index (κ3) is 4.35. The monoisotopic (exact) mass is 290 g/mol. The van der Waals surface area contributed by atoms with E-state index in [1.54, 1.807) is 0 Å². The lowest BCUT2D eigenvalue weighted by atomic mass is 10.2. The lowest BCUT2D eigenvalue weighted by Gasteiger charge is -2.02. The molecule has 0 aliphatic rings. The molecule has 0 spiro atoms. The van der Waals surface area contributed by atoms with Gasteiger partial charge in [0.1, 0.15) is 0 Å². The molecule has 0 bridgehead atoms. The molecule has 0 fully saturated rings. The van der Waals surface area contributed by atoms with Crippen LogP contribution in [0.4, 0.5) is 10.8 Å².